The minimum absolute atomic E-state index is 0.134. The highest BCUT2D eigenvalue weighted by Crippen LogP contribution is 2.16. The van der Waals surface area contributed by atoms with E-state index in [2.05, 4.69) is 10.0 Å². The van der Waals surface area contributed by atoms with Crippen LogP contribution in [0.4, 0.5) is 5.69 Å². The summed E-state index contributed by atoms with van der Waals surface area (Å²) >= 11 is 1.34. The molecule has 0 radical (unpaired) electrons. The first-order valence-corrected chi connectivity index (χ1v) is 9.25. The van der Waals surface area contributed by atoms with Crippen molar-refractivity contribution in [3.8, 4) is 0 Å². The number of ether oxygens (including phenoxy) is 1. The Morgan fingerprint density at radius 3 is 2.52 bits per heavy atom. The summed E-state index contributed by atoms with van der Waals surface area (Å²) in [5, 5.41) is 4.54. The van der Waals surface area contributed by atoms with E-state index in [4.69, 9.17) is 4.74 Å². The van der Waals surface area contributed by atoms with Gasteiger partial charge in [0.25, 0.3) is 5.91 Å². The summed E-state index contributed by atoms with van der Waals surface area (Å²) in [4.78, 5) is 12.7. The molecular weight excluding hydrogens is 336 g/mol. The number of benzene rings is 1. The minimum atomic E-state index is -3.61. The second-order valence-electron chi connectivity index (χ2n) is 4.93. The molecule has 6 nitrogen and oxygen atoms in total. The van der Waals surface area contributed by atoms with E-state index in [1.54, 1.807) is 31.2 Å². The Kier molecular flexibility index (Phi) is 5.89. The fraction of sp³-hybridized carbons (Fsp3) is 0.267. The molecule has 0 aliphatic rings. The lowest BCUT2D eigenvalue weighted by atomic mass is 10.3. The molecular formula is C15H18N2O4S2. The van der Waals surface area contributed by atoms with Crippen molar-refractivity contribution in [2.45, 2.75) is 17.9 Å². The first-order chi connectivity index (χ1) is 10.9. The van der Waals surface area contributed by atoms with Gasteiger partial charge in [-0.2, -0.15) is 0 Å². The normalized spacial score (nSPS) is 12.8. The highest BCUT2D eigenvalue weighted by molar-refractivity contribution is 7.89. The molecule has 1 aromatic heterocycles. The molecule has 124 valence electrons. The van der Waals surface area contributed by atoms with Crippen LogP contribution >= 0.6 is 11.3 Å². The van der Waals surface area contributed by atoms with Crippen LogP contribution in [-0.2, 0) is 14.8 Å². The fourth-order valence-corrected chi connectivity index (χ4v) is 3.78. The molecule has 1 heterocycles. The van der Waals surface area contributed by atoms with Crippen LogP contribution < -0.4 is 10.0 Å². The fourth-order valence-electron chi connectivity index (χ4n) is 1.93. The van der Waals surface area contributed by atoms with E-state index >= 15 is 0 Å². The van der Waals surface area contributed by atoms with Gasteiger partial charge in [0.2, 0.25) is 10.0 Å². The molecule has 0 spiro atoms. The number of carbonyl (C=O) groups is 1. The maximum Gasteiger partial charge on any atom is 0.265 e. The van der Waals surface area contributed by atoms with Crippen molar-refractivity contribution in [3.05, 3.63) is 46.7 Å². The Bertz CT molecular complexity index is 740. The number of sulfonamides is 1. The van der Waals surface area contributed by atoms with Gasteiger partial charge in [0, 0.05) is 18.8 Å². The maximum atomic E-state index is 12.2. The predicted molar refractivity (Wildman–Crippen MR) is 90.4 cm³/mol. The molecule has 2 rings (SSSR count). The van der Waals surface area contributed by atoms with E-state index in [1.807, 2.05) is 5.38 Å². The molecule has 0 saturated heterocycles. The zero-order chi connectivity index (χ0) is 16.9. The maximum absolute atomic E-state index is 12.2. The van der Waals surface area contributed by atoms with Crippen LogP contribution in [0, 0.1) is 0 Å². The number of nitrogens with one attached hydrogen (secondary N) is 2. The number of hydrogen-bond donors (Lipinski definition) is 2. The highest BCUT2D eigenvalue weighted by atomic mass is 32.2. The van der Waals surface area contributed by atoms with Gasteiger partial charge < -0.3 is 10.1 Å². The average molecular weight is 354 g/mol. The third-order valence-electron chi connectivity index (χ3n) is 2.94. The quantitative estimate of drug-likeness (QED) is 0.799. The number of hydrogen-bond acceptors (Lipinski definition) is 5. The molecule has 1 atom stereocenters. The van der Waals surface area contributed by atoms with Crippen molar-refractivity contribution in [2.75, 3.05) is 19.0 Å². The number of carbonyl (C=O) groups excluding carboxylic acids is 1. The number of anilines is 1. The van der Waals surface area contributed by atoms with Crippen molar-refractivity contribution >= 4 is 33.0 Å². The van der Waals surface area contributed by atoms with E-state index in [0.29, 0.717) is 10.6 Å². The first-order valence-electron chi connectivity index (χ1n) is 6.88. The summed E-state index contributed by atoms with van der Waals surface area (Å²) in [6.07, 6.45) is 0. The number of amides is 1. The summed E-state index contributed by atoms with van der Waals surface area (Å²) < 4.78 is 31.8. The average Bonchev–Trinajstić information content (AvgIpc) is 3.01. The van der Waals surface area contributed by atoms with E-state index in [-0.39, 0.29) is 23.5 Å². The standard InChI is InChI=1S/C15H18N2O4S2/c1-11(10-21-2)17-23(19,20)13-7-5-12(6-8-13)16-15(18)14-4-3-9-22-14/h3-9,11,17H,10H2,1-2H3,(H,16,18)/t11-/m0/s1. The van der Waals surface area contributed by atoms with Crippen molar-refractivity contribution in [1.29, 1.82) is 0 Å². The minimum Gasteiger partial charge on any atom is -0.383 e. The summed E-state index contributed by atoms with van der Waals surface area (Å²) in [6.45, 7) is 2.00. The lowest BCUT2D eigenvalue weighted by molar-refractivity contribution is 0.103. The molecule has 0 unspecified atom stereocenters. The van der Waals surface area contributed by atoms with Gasteiger partial charge in [-0.3, -0.25) is 4.79 Å². The van der Waals surface area contributed by atoms with E-state index < -0.39 is 10.0 Å². The van der Waals surface area contributed by atoms with Gasteiger partial charge in [-0.05, 0) is 42.6 Å². The SMILES string of the molecule is COC[C@H](C)NS(=O)(=O)c1ccc(NC(=O)c2cccs2)cc1. The topological polar surface area (TPSA) is 84.5 Å². The van der Waals surface area contributed by atoms with E-state index in [0.717, 1.165) is 0 Å². The lowest BCUT2D eigenvalue weighted by Crippen LogP contribution is -2.35. The third-order valence-corrected chi connectivity index (χ3v) is 5.41. The van der Waals surface area contributed by atoms with Gasteiger partial charge in [0.15, 0.2) is 0 Å². The molecule has 2 aromatic rings. The monoisotopic (exact) mass is 354 g/mol. The Morgan fingerprint density at radius 1 is 1.26 bits per heavy atom. The number of rotatable bonds is 7. The van der Waals surface area contributed by atoms with E-state index in [9.17, 15) is 13.2 Å². The molecule has 2 N–H and O–H groups in total. The van der Waals surface area contributed by atoms with Gasteiger partial charge in [-0.15, -0.1) is 11.3 Å². The molecule has 23 heavy (non-hydrogen) atoms. The highest BCUT2D eigenvalue weighted by Gasteiger charge is 2.17. The third kappa shape index (κ3) is 4.87. The summed E-state index contributed by atoms with van der Waals surface area (Å²) in [7, 11) is -2.10. The molecule has 1 aromatic carbocycles. The Balaban J connectivity index is 2.05. The van der Waals surface area contributed by atoms with Crippen LogP contribution in [0.2, 0.25) is 0 Å². The number of methoxy groups -OCH3 is 1. The molecule has 0 saturated carbocycles. The smallest absolute Gasteiger partial charge is 0.265 e. The zero-order valence-corrected chi connectivity index (χ0v) is 14.4. The molecule has 8 heteroatoms. The van der Waals surface area contributed by atoms with Gasteiger partial charge >= 0.3 is 0 Å². The molecule has 0 aliphatic heterocycles. The van der Waals surface area contributed by atoms with Crippen LogP contribution in [-0.4, -0.2) is 34.1 Å². The second kappa shape index (κ2) is 7.69. The van der Waals surface area contributed by atoms with Gasteiger partial charge in [-0.1, -0.05) is 6.07 Å². The Morgan fingerprint density at radius 2 is 1.96 bits per heavy atom. The van der Waals surface area contributed by atoms with Crippen LogP contribution in [0.5, 0.6) is 0 Å². The Hall–Kier alpha value is -1.74. The zero-order valence-electron chi connectivity index (χ0n) is 12.8. The molecule has 1 amide bonds. The lowest BCUT2D eigenvalue weighted by Gasteiger charge is -2.13. The Labute approximate surface area is 139 Å². The van der Waals surface area contributed by atoms with Crippen molar-refractivity contribution < 1.29 is 17.9 Å². The first kappa shape index (κ1) is 17.6. The van der Waals surface area contributed by atoms with Crippen molar-refractivity contribution in [3.63, 3.8) is 0 Å². The summed E-state index contributed by atoms with van der Waals surface area (Å²) in [5.41, 5.74) is 0.535. The van der Waals surface area contributed by atoms with Gasteiger partial charge in [-0.25, -0.2) is 13.1 Å². The molecule has 0 bridgehead atoms. The summed E-state index contributed by atoms with van der Waals surface area (Å²) in [6, 6.07) is 9.20. The van der Waals surface area contributed by atoms with Crippen LogP contribution in [0.3, 0.4) is 0 Å². The van der Waals surface area contributed by atoms with Crippen LogP contribution in [0.25, 0.3) is 0 Å². The van der Waals surface area contributed by atoms with Crippen LogP contribution in [0.15, 0.2) is 46.7 Å². The largest absolute Gasteiger partial charge is 0.383 e. The number of thiophene rings is 1. The second-order valence-corrected chi connectivity index (χ2v) is 7.60. The van der Waals surface area contributed by atoms with Crippen LogP contribution in [0.1, 0.15) is 16.6 Å². The molecule has 0 fully saturated rings. The van der Waals surface area contributed by atoms with Crippen molar-refractivity contribution in [2.24, 2.45) is 0 Å². The summed E-state index contributed by atoms with van der Waals surface area (Å²) in [5.74, 6) is -0.220. The van der Waals surface area contributed by atoms with Crippen molar-refractivity contribution in [1.82, 2.24) is 4.72 Å². The van der Waals surface area contributed by atoms with E-state index in [1.165, 1.54) is 30.6 Å². The van der Waals surface area contributed by atoms with Gasteiger partial charge in [0.1, 0.15) is 0 Å². The van der Waals surface area contributed by atoms with Gasteiger partial charge in [0.05, 0.1) is 16.4 Å². The molecule has 0 aliphatic carbocycles. The predicted octanol–water partition coefficient (Wildman–Crippen LogP) is 2.31.